The second kappa shape index (κ2) is 8.32. The van der Waals surface area contributed by atoms with Crippen LogP contribution >= 0.6 is 11.8 Å². The number of hydrogen-bond acceptors (Lipinski definition) is 3. The van der Waals surface area contributed by atoms with E-state index in [1.807, 2.05) is 12.1 Å². The SMILES string of the molecule is CSCc1ccc(NC(=O)CCC2CCNCC2)cc1. The van der Waals surface area contributed by atoms with Crippen molar-refractivity contribution in [1.82, 2.24) is 5.32 Å². The number of thioether (sulfide) groups is 1. The highest BCUT2D eigenvalue weighted by Gasteiger charge is 2.14. The van der Waals surface area contributed by atoms with Crippen LogP contribution in [0, 0.1) is 5.92 Å². The molecule has 4 heteroatoms. The Bertz CT molecular complexity index is 413. The molecule has 3 nitrogen and oxygen atoms in total. The van der Waals surface area contributed by atoms with Crippen molar-refractivity contribution in [2.45, 2.75) is 31.4 Å². The van der Waals surface area contributed by atoms with Crippen molar-refractivity contribution in [2.24, 2.45) is 5.92 Å². The van der Waals surface area contributed by atoms with Crippen LogP contribution < -0.4 is 10.6 Å². The van der Waals surface area contributed by atoms with E-state index in [1.165, 1.54) is 18.4 Å². The van der Waals surface area contributed by atoms with Crippen LogP contribution in [0.3, 0.4) is 0 Å². The molecule has 0 unspecified atom stereocenters. The van der Waals surface area contributed by atoms with Gasteiger partial charge in [0.2, 0.25) is 5.91 Å². The van der Waals surface area contributed by atoms with Crippen molar-refractivity contribution in [3.8, 4) is 0 Å². The molecule has 1 aromatic rings. The molecule has 0 saturated carbocycles. The molecule has 110 valence electrons. The molecule has 0 aliphatic carbocycles. The standard InChI is InChI=1S/C16H24N2OS/c1-20-12-14-2-5-15(6-3-14)18-16(19)7-4-13-8-10-17-11-9-13/h2-3,5-6,13,17H,4,7-12H2,1H3,(H,18,19). The molecule has 1 aliphatic rings. The monoisotopic (exact) mass is 292 g/mol. The Labute approximate surface area is 125 Å². The Morgan fingerprint density at radius 1 is 1.30 bits per heavy atom. The van der Waals surface area contributed by atoms with Gasteiger partial charge in [-0.05, 0) is 62.2 Å². The van der Waals surface area contributed by atoms with Crippen LogP contribution in [0.1, 0.15) is 31.2 Å². The Balaban J connectivity index is 1.73. The molecule has 20 heavy (non-hydrogen) atoms. The second-order valence-electron chi connectivity index (χ2n) is 5.41. The highest BCUT2D eigenvalue weighted by atomic mass is 32.2. The first-order valence-corrected chi connectivity index (χ1v) is 8.76. The molecule has 1 aliphatic heterocycles. The van der Waals surface area contributed by atoms with Gasteiger partial charge in [0.1, 0.15) is 0 Å². The first-order valence-electron chi connectivity index (χ1n) is 7.36. The van der Waals surface area contributed by atoms with Gasteiger partial charge in [-0.2, -0.15) is 11.8 Å². The van der Waals surface area contributed by atoms with Crippen molar-refractivity contribution in [1.29, 1.82) is 0 Å². The number of amides is 1. The maximum absolute atomic E-state index is 11.9. The van der Waals surface area contributed by atoms with Gasteiger partial charge in [0.15, 0.2) is 0 Å². The predicted molar refractivity (Wildman–Crippen MR) is 87.1 cm³/mol. The molecule has 2 N–H and O–H groups in total. The zero-order chi connectivity index (χ0) is 14.2. The lowest BCUT2D eigenvalue weighted by Crippen LogP contribution is -2.28. The van der Waals surface area contributed by atoms with Gasteiger partial charge in [0, 0.05) is 17.9 Å². The summed E-state index contributed by atoms with van der Waals surface area (Å²) in [6.07, 6.45) is 6.15. The van der Waals surface area contributed by atoms with E-state index < -0.39 is 0 Å². The molecule has 1 saturated heterocycles. The number of nitrogens with one attached hydrogen (secondary N) is 2. The van der Waals surface area contributed by atoms with Crippen molar-refractivity contribution in [3.63, 3.8) is 0 Å². The first-order chi connectivity index (χ1) is 9.78. The first kappa shape index (κ1) is 15.4. The van der Waals surface area contributed by atoms with Gasteiger partial charge in [-0.1, -0.05) is 12.1 Å². The highest BCUT2D eigenvalue weighted by Crippen LogP contribution is 2.19. The highest BCUT2D eigenvalue weighted by molar-refractivity contribution is 7.97. The second-order valence-corrected chi connectivity index (χ2v) is 6.28. The quantitative estimate of drug-likeness (QED) is 0.845. The number of carbonyl (C=O) groups is 1. The molecule has 0 spiro atoms. The lowest BCUT2D eigenvalue weighted by molar-refractivity contribution is -0.116. The van der Waals surface area contributed by atoms with Gasteiger partial charge in [0.25, 0.3) is 0 Å². The van der Waals surface area contributed by atoms with Gasteiger partial charge < -0.3 is 10.6 Å². The van der Waals surface area contributed by atoms with Crippen molar-refractivity contribution >= 4 is 23.4 Å². The van der Waals surface area contributed by atoms with Gasteiger partial charge in [-0.25, -0.2) is 0 Å². The third kappa shape index (κ3) is 5.17. The summed E-state index contributed by atoms with van der Waals surface area (Å²) in [5.41, 5.74) is 2.20. The minimum atomic E-state index is 0.140. The smallest absolute Gasteiger partial charge is 0.224 e. The largest absolute Gasteiger partial charge is 0.326 e. The topological polar surface area (TPSA) is 41.1 Å². The average Bonchev–Trinajstić information content (AvgIpc) is 2.49. The van der Waals surface area contributed by atoms with Crippen molar-refractivity contribution in [3.05, 3.63) is 29.8 Å². The molecular formula is C16H24N2OS. The number of anilines is 1. The molecule has 0 radical (unpaired) electrons. The summed E-state index contributed by atoms with van der Waals surface area (Å²) in [6.45, 7) is 2.20. The molecule has 0 bridgehead atoms. The summed E-state index contributed by atoms with van der Waals surface area (Å²) in [5.74, 6) is 1.87. The average molecular weight is 292 g/mol. The van der Waals surface area contributed by atoms with Crippen LogP contribution in [-0.4, -0.2) is 25.3 Å². The molecule has 1 heterocycles. The van der Waals surface area contributed by atoms with E-state index in [4.69, 9.17) is 0 Å². The van der Waals surface area contributed by atoms with E-state index in [0.29, 0.717) is 12.3 Å². The minimum Gasteiger partial charge on any atom is -0.326 e. The zero-order valence-corrected chi connectivity index (χ0v) is 13.0. The Morgan fingerprint density at radius 3 is 2.65 bits per heavy atom. The number of carbonyl (C=O) groups excluding carboxylic acids is 1. The number of hydrogen-bond donors (Lipinski definition) is 2. The Morgan fingerprint density at radius 2 is 2.00 bits per heavy atom. The number of piperidine rings is 1. The van der Waals surface area contributed by atoms with Crippen LogP contribution in [0.4, 0.5) is 5.69 Å². The van der Waals surface area contributed by atoms with E-state index in [9.17, 15) is 4.79 Å². The number of rotatable bonds is 6. The van der Waals surface area contributed by atoms with E-state index in [2.05, 4.69) is 29.0 Å². The normalized spacial score (nSPS) is 16.1. The molecule has 1 aromatic carbocycles. The van der Waals surface area contributed by atoms with Gasteiger partial charge in [-0.3, -0.25) is 4.79 Å². The van der Waals surface area contributed by atoms with Crippen LogP contribution in [0.2, 0.25) is 0 Å². The van der Waals surface area contributed by atoms with Gasteiger partial charge in [0.05, 0.1) is 0 Å². The van der Waals surface area contributed by atoms with E-state index in [0.717, 1.165) is 31.0 Å². The zero-order valence-electron chi connectivity index (χ0n) is 12.2. The fraction of sp³-hybridized carbons (Fsp3) is 0.562. The summed E-state index contributed by atoms with van der Waals surface area (Å²) in [6, 6.07) is 8.15. The lowest BCUT2D eigenvalue weighted by Gasteiger charge is -2.22. The summed E-state index contributed by atoms with van der Waals surface area (Å²) < 4.78 is 0. The maximum Gasteiger partial charge on any atom is 0.224 e. The minimum absolute atomic E-state index is 0.140. The van der Waals surface area contributed by atoms with E-state index in [-0.39, 0.29) is 5.91 Å². The molecule has 1 amide bonds. The third-order valence-electron chi connectivity index (χ3n) is 3.79. The fourth-order valence-corrected chi connectivity index (χ4v) is 3.11. The lowest BCUT2D eigenvalue weighted by atomic mass is 9.93. The molecule has 2 rings (SSSR count). The van der Waals surface area contributed by atoms with Gasteiger partial charge in [-0.15, -0.1) is 0 Å². The van der Waals surface area contributed by atoms with Crippen LogP contribution in [0.25, 0.3) is 0 Å². The predicted octanol–water partition coefficient (Wildman–Crippen LogP) is 3.27. The van der Waals surface area contributed by atoms with Crippen molar-refractivity contribution < 1.29 is 4.79 Å². The summed E-state index contributed by atoms with van der Waals surface area (Å²) in [4.78, 5) is 11.9. The maximum atomic E-state index is 11.9. The van der Waals surface area contributed by atoms with Crippen LogP contribution in [0.5, 0.6) is 0 Å². The molecule has 0 atom stereocenters. The molecule has 1 fully saturated rings. The van der Waals surface area contributed by atoms with Crippen LogP contribution in [-0.2, 0) is 10.5 Å². The van der Waals surface area contributed by atoms with Crippen LogP contribution in [0.15, 0.2) is 24.3 Å². The summed E-state index contributed by atoms with van der Waals surface area (Å²) >= 11 is 1.81. The van der Waals surface area contributed by atoms with E-state index >= 15 is 0 Å². The summed E-state index contributed by atoms with van der Waals surface area (Å²) in [7, 11) is 0. The van der Waals surface area contributed by atoms with Gasteiger partial charge >= 0.3 is 0 Å². The van der Waals surface area contributed by atoms with E-state index in [1.54, 1.807) is 11.8 Å². The molecule has 0 aromatic heterocycles. The van der Waals surface area contributed by atoms with Crippen molar-refractivity contribution in [2.75, 3.05) is 24.7 Å². The summed E-state index contributed by atoms with van der Waals surface area (Å²) in [5, 5.41) is 6.34. The fourth-order valence-electron chi connectivity index (χ4n) is 2.58. The Kier molecular flexibility index (Phi) is 6.40. The molecular weight excluding hydrogens is 268 g/mol. The Hall–Kier alpha value is -1.00. The number of benzene rings is 1. The third-order valence-corrected chi connectivity index (χ3v) is 4.41.